The lowest BCUT2D eigenvalue weighted by molar-refractivity contribution is -0.157. The van der Waals surface area contributed by atoms with Crippen LogP contribution in [0.4, 0.5) is 0 Å². The number of rotatable bonds is 9. The van der Waals surface area contributed by atoms with E-state index in [4.69, 9.17) is 4.74 Å². The smallest absolute Gasteiger partial charge is 0.313 e. The number of amides is 1. The van der Waals surface area contributed by atoms with Crippen LogP contribution in [0.15, 0.2) is 60.7 Å². The molecule has 166 valence electrons. The van der Waals surface area contributed by atoms with Crippen LogP contribution in [0.5, 0.6) is 0 Å². The normalized spacial score (nSPS) is 15.8. The zero-order chi connectivity index (χ0) is 22.2. The second kappa shape index (κ2) is 10.6. The van der Waals surface area contributed by atoms with E-state index in [9.17, 15) is 9.59 Å². The molecule has 31 heavy (non-hydrogen) atoms. The first-order chi connectivity index (χ1) is 15.1. The molecule has 2 aromatic carbocycles. The van der Waals surface area contributed by atoms with Crippen molar-refractivity contribution in [1.29, 1.82) is 0 Å². The van der Waals surface area contributed by atoms with Crippen molar-refractivity contribution in [3.05, 3.63) is 71.8 Å². The summed E-state index contributed by atoms with van der Waals surface area (Å²) in [5.74, 6) is -0.212. The van der Waals surface area contributed by atoms with E-state index in [0.29, 0.717) is 19.6 Å². The number of carbonyl (C=O) groups is 2. The predicted octanol–water partition coefficient (Wildman–Crippen LogP) is 5.40. The number of hydrogen-bond acceptors (Lipinski definition) is 3. The van der Waals surface area contributed by atoms with Gasteiger partial charge in [0.1, 0.15) is 0 Å². The molecule has 0 heterocycles. The fourth-order valence-electron chi connectivity index (χ4n) is 5.02. The molecule has 2 aromatic rings. The molecule has 1 N–H and O–H groups in total. The number of hydrogen-bond donors (Lipinski definition) is 1. The average molecular weight is 422 g/mol. The first-order valence-electron chi connectivity index (χ1n) is 11.7. The van der Waals surface area contributed by atoms with Gasteiger partial charge in [0.2, 0.25) is 5.91 Å². The molecule has 1 amide bonds. The van der Waals surface area contributed by atoms with Crippen molar-refractivity contribution in [2.24, 2.45) is 5.41 Å². The topological polar surface area (TPSA) is 55.4 Å². The van der Waals surface area contributed by atoms with Gasteiger partial charge >= 0.3 is 5.97 Å². The van der Waals surface area contributed by atoms with Gasteiger partial charge in [0.25, 0.3) is 0 Å². The largest absolute Gasteiger partial charge is 0.466 e. The SMILES string of the molecule is CCCC(C(=O)NCC1(C(=O)OCC)CCCCC1)(c1ccccc1)c1ccccc1. The Balaban J connectivity index is 1.96. The Bertz CT molecular complexity index is 802. The minimum absolute atomic E-state index is 0.0407. The van der Waals surface area contributed by atoms with Gasteiger partial charge in [-0.25, -0.2) is 0 Å². The van der Waals surface area contributed by atoms with E-state index in [1.165, 1.54) is 0 Å². The molecule has 0 aromatic heterocycles. The minimum Gasteiger partial charge on any atom is -0.466 e. The molecule has 1 aliphatic rings. The van der Waals surface area contributed by atoms with Gasteiger partial charge in [-0.15, -0.1) is 0 Å². The molecule has 0 bridgehead atoms. The van der Waals surface area contributed by atoms with Gasteiger partial charge in [0.05, 0.1) is 17.4 Å². The van der Waals surface area contributed by atoms with Crippen molar-refractivity contribution in [2.75, 3.05) is 13.2 Å². The average Bonchev–Trinajstić information content (AvgIpc) is 2.83. The Morgan fingerprint density at radius 3 is 1.94 bits per heavy atom. The van der Waals surface area contributed by atoms with Crippen LogP contribution in [-0.4, -0.2) is 25.0 Å². The van der Waals surface area contributed by atoms with Gasteiger partial charge < -0.3 is 10.1 Å². The third-order valence-corrected chi connectivity index (χ3v) is 6.65. The Morgan fingerprint density at radius 2 is 1.45 bits per heavy atom. The standard InChI is InChI=1S/C27H35NO3/c1-3-18-27(22-14-8-5-9-15-22,23-16-10-6-11-17-23)24(29)28-21-26(25(30)31-4-2)19-12-7-13-20-26/h5-6,8-11,14-17H,3-4,7,12-13,18-21H2,1-2H3,(H,28,29). The van der Waals surface area contributed by atoms with Crippen molar-refractivity contribution in [3.63, 3.8) is 0 Å². The molecule has 0 unspecified atom stereocenters. The van der Waals surface area contributed by atoms with Gasteiger partial charge in [-0.2, -0.15) is 0 Å². The van der Waals surface area contributed by atoms with Gasteiger partial charge in [-0.1, -0.05) is 93.3 Å². The number of benzene rings is 2. The Labute approximate surface area is 186 Å². The number of ether oxygens (including phenoxy) is 1. The van der Waals surface area contributed by atoms with Crippen LogP contribution in [0.25, 0.3) is 0 Å². The summed E-state index contributed by atoms with van der Waals surface area (Å²) in [5, 5.41) is 3.22. The minimum atomic E-state index is -0.790. The summed E-state index contributed by atoms with van der Waals surface area (Å²) >= 11 is 0. The van der Waals surface area contributed by atoms with Gasteiger partial charge in [-0.05, 0) is 37.3 Å². The summed E-state index contributed by atoms with van der Waals surface area (Å²) in [6.07, 6.45) is 6.20. The van der Waals surface area contributed by atoms with Crippen LogP contribution in [0.1, 0.15) is 69.9 Å². The lowest BCUT2D eigenvalue weighted by Gasteiger charge is -2.38. The van der Waals surface area contributed by atoms with Gasteiger partial charge in [-0.3, -0.25) is 9.59 Å². The quantitative estimate of drug-likeness (QED) is 0.551. The van der Waals surface area contributed by atoms with Crippen LogP contribution < -0.4 is 5.32 Å². The van der Waals surface area contributed by atoms with Crippen molar-refractivity contribution in [1.82, 2.24) is 5.32 Å². The molecule has 0 atom stereocenters. The van der Waals surface area contributed by atoms with Crippen molar-refractivity contribution in [3.8, 4) is 0 Å². The predicted molar refractivity (Wildman–Crippen MR) is 124 cm³/mol. The van der Waals surface area contributed by atoms with E-state index < -0.39 is 10.8 Å². The first kappa shape index (κ1) is 23.1. The number of carbonyl (C=O) groups excluding carboxylic acids is 2. The fraction of sp³-hybridized carbons (Fsp3) is 0.481. The number of nitrogens with one attached hydrogen (secondary N) is 1. The second-order valence-corrected chi connectivity index (χ2v) is 8.63. The summed E-state index contributed by atoms with van der Waals surface area (Å²) in [6.45, 7) is 4.64. The lowest BCUT2D eigenvalue weighted by atomic mass is 9.69. The van der Waals surface area contributed by atoms with Crippen molar-refractivity contribution >= 4 is 11.9 Å². The fourth-order valence-corrected chi connectivity index (χ4v) is 5.02. The summed E-state index contributed by atoms with van der Waals surface area (Å²) < 4.78 is 5.43. The maximum absolute atomic E-state index is 14.0. The molecule has 0 aliphatic heterocycles. The van der Waals surface area contributed by atoms with E-state index >= 15 is 0 Å². The van der Waals surface area contributed by atoms with E-state index in [0.717, 1.165) is 49.7 Å². The molecule has 1 fully saturated rings. The summed E-state index contributed by atoms with van der Waals surface area (Å²) in [4.78, 5) is 26.8. The highest BCUT2D eigenvalue weighted by atomic mass is 16.5. The highest BCUT2D eigenvalue weighted by Gasteiger charge is 2.45. The molecular formula is C27H35NO3. The molecule has 0 saturated heterocycles. The van der Waals surface area contributed by atoms with Crippen LogP contribution in [0, 0.1) is 5.41 Å². The van der Waals surface area contributed by atoms with Crippen LogP contribution in [-0.2, 0) is 19.7 Å². The molecule has 3 rings (SSSR count). The lowest BCUT2D eigenvalue weighted by Crippen LogP contribution is -2.51. The highest BCUT2D eigenvalue weighted by molar-refractivity contribution is 5.92. The zero-order valence-corrected chi connectivity index (χ0v) is 18.9. The third-order valence-electron chi connectivity index (χ3n) is 6.65. The van der Waals surface area contributed by atoms with E-state index in [2.05, 4.69) is 12.2 Å². The summed E-state index contributed by atoms with van der Waals surface area (Å²) in [5.41, 5.74) is 0.556. The third kappa shape index (κ3) is 4.84. The molecule has 1 saturated carbocycles. The molecule has 4 heteroatoms. The zero-order valence-electron chi connectivity index (χ0n) is 18.9. The Kier molecular flexibility index (Phi) is 7.89. The number of esters is 1. The maximum atomic E-state index is 14.0. The molecule has 1 aliphatic carbocycles. The summed E-state index contributed by atoms with van der Waals surface area (Å²) in [7, 11) is 0. The Morgan fingerprint density at radius 1 is 0.903 bits per heavy atom. The van der Waals surface area contributed by atoms with Crippen molar-refractivity contribution < 1.29 is 14.3 Å². The van der Waals surface area contributed by atoms with E-state index in [-0.39, 0.29) is 11.9 Å². The van der Waals surface area contributed by atoms with Gasteiger partial charge in [0.15, 0.2) is 0 Å². The maximum Gasteiger partial charge on any atom is 0.313 e. The molecule has 0 spiro atoms. The monoisotopic (exact) mass is 421 g/mol. The summed E-state index contributed by atoms with van der Waals surface area (Å²) in [6, 6.07) is 20.0. The first-order valence-corrected chi connectivity index (χ1v) is 11.7. The Hall–Kier alpha value is -2.62. The highest BCUT2D eigenvalue weighted by Crippen LogP contribution is 2.40. The van der Waals surface area contributed by atoms with Gasteiger partial charge in [0, 0.05) is 6.54 Å². The molecule has 0 radical (unpaired) electrons. The molecule has 4 nitrogen and oxygen atoms in total. The van der Waals surface area contributed by atoms with Crippen LogP contribution in [0.3, 0.4) is 0 Å². The van der Waals surface area contributed by atoms with Crippen LogP contribution >= 0.6 is 0 Å². The second-order valence-electron chi connectivity index (χ2n) is 8.63. The van der Waals surface area contributed by atoms with Crippen molar-refractivity contribution in [2.45, 2.75) is 64.2 Å². The van der Waals surface area contributed by atoms with E-state index in [1.54, 1.807) is 0 Å². The molecular weight excluding hydrogens is 386 g/mol. The van der Waals surface area contributed by atoms with Crippen LogP contribution in [0.2, 0.25) is 0 Å². The van der Waals surface area contributed by atoms with E-state index in [1.807, 2.05) is 67.6 Å².